The molecule has 0 aromatic heterocycles. The number of halogens is 3. The lowest BCUT2D eigenvalue weighted by Crippen LogP contribution is -2.41. The Labute approximate surface area is 138 Å². The summed E-state index contributed by atoms with van der Waals surface area (Å²) in [5.74, 6) is 0. The minimum Gasteiger partial charge on any atom is -0.444 e. The molecule has 1 rings (SSSR count). The normalized spacial score (nSPS) is 14.8. The van der Waals surface area contributed by atoms with Crippen molar-refractivity contribution in [3.63, 3.8) is 0 Å². The smallest absolute Gasteiger partial charge is 0.416 e. The Balaban J connectivity index is 3.04. The number of carbonyl (C=O) groups excluding carboxylic acids is 1. The van der Waals surface area contributed by atoms with Gasteiger partial charge in [-0.25, -0.2) is 4.79 Å². The molecule has 0 aliphatic heterocycles. The van der Waals surface area contributed by atoms with Gasteiger partial charge >= 0.3 is 12.3 Å². The van der Waals surface area contributed by atoms with Crippen LogP contribution in [0.5, 0.6) is 0 Å². The third-order valence-corrected chi connectivity index (χ3v) is 3.12. The van der Waals surface area contributed by atoms with Crippen LogP contribution in [-0.2, 0) is 15.7 Å². The second-order valence-corrected chi connectivity index (χ2v) is 6.20. The molecule has 0 heterocycles. The van der Waals surface area contributed by atoms with Crippen molar-refractivity contribution in [2.24, 2.45) is 0 Å². The maximum absolute atomic E-state index is 12.7. The van der Waals surface area contributed by atoms with Crippen LogP contribution in [0.25, 0.3) is 0 Å². The first-order valence-electron chi connectivity index (χ1n) is 7.28. The lowest BCUT2D eigenvalue weighted by atomic mass is 10.00. The first-order chi connectivity index (χ1) is 11.0. The van der Waals surface area contributed by atoms with E-state index in [1.165, 1.54) is 19.2 Å². The summed E-state index contributed by atoms with van der Waals surface area (Å²) in [7, 11) is 1.33. The highest BCUT2D eigenvalue weighted by Crippen LogP contribution is 2.30. The van der Waals surface area contributed by atoms with Gasteiger partial charge in [0, 0.05) is 7.11 Å². The van der Waals surface area contributed by atoms with Crippen molar-refractivity contribution in [2.75, 3.05) is 13.7 Å². The molecule has 0 aliphatic carbocycles. The largest absolute Gasteiger partial charge is 0.444 e. The maximum atomic E-state index is 12.7. The summed E-state index contributed by atoms with van der Waals surface area (Å²) in [6, 6.07) is 3.41. The number of aliphatic hydroxyl groups is 1. The molecule has 8 heteroatoms. The van der Waals surface area contributed by atoms with Gasteiger partial charge in [0.15, 0.2) is 0 Å². The van der Waals surface area contributed by atoms with E-state index in [2.05, 4.69) is 5.32 Å². The average molecular weight is 349 g/mol. The monoisotopic (exact) mass is 349 g/mol. The van der Waals surface area contributed by atoms with E-state index < -0.39 is 42.2 Å². The van der Waals surface area contributed by atoms with E-state index in [1.807, 2.05) is 0 Å². The molecule has 5 nitrogen and oxygen atoms in total. The van der Waals surface area contributed by atoms with Crippen LogP contribution in [0.4, 0.5) is 18.0 Å². The van der Waals surface area contributed by atoms with Gasteiger partial charge in [0.05, 0.1) is 18.2 Å². The molecular weight excluding hydrogens is 327 g/mol. The number of hydrogen-bond donors (Lipinski definition) is 2. The number of ether oxygens (including phenoxy) is 2. The summed E-state index contributed by atoms with van der Waals surface area (Å²) in [4.78, 5) is 12.0. The fourth-order valence-corrected chi connectivity index (χ4v) is 2.02. The minimum absolute atomic E-state index is 0.356. The number of hydrogen-bond acceptors (Lipinski definition) is 4. The fourth-order valence-electron chi connectivity index (χ4n) is 2.02. The van der Waals surface area contributed by atoms with Crippen molar-refractivity contribution in [2.45, 2.75) is 44.7 Å². The van der Waals surface area contributed by atoms with Gasteiger partial charge in [-0.1, -0.05) is 12.1 Å². The number of amides is 1. The summed E-state index contributed by atoms with van der Waals surface area (Å²) in [5.41, 5.74) is -1.19. The molecule has 0 bridgehead atoms. The average Bonchev–Trinajstić information content (AvgIpc) is 2.44. The molecule has 0 saturated carbocycles. The van der Waals surface area contributed by atoms with Crippen LogP contribution in [-0.4, -0.2) is 36.6 Å². The molecule has 0 saturated heterocycles. The third kappa shape index (κ3) is 6.01. The molecule has 1 aromatic carbocycles. The topological polar surface area (TPSA) is 67.8 Å². The van der Waals surface area contributed by atoms with Crippen molar-refractivity contribution in [1.82, 2.24) is 5.32 Å². The first kappa shape index (κ1) is 20.2. The van der Waals surface area contributed by atoms with E-state index in [4.69, 9.17) is 9.47 Å². The predicted octanol–water partition coefficient (Wildman–Crippen LogP) is 3.28. The molecule has 136 valence electrons. The standard InChI is InChI=1S/C16H22F3NO4/c1-15(2,3)24-14(22)20-13(12(9-21)23-4)10-5-7-11(8-6-10)16(17,18)19/h5-8,12-13,21H,9H2,1-4H3,(H,20,22). The van der Waals surface area contributed by atoms with E-state index in [0.717, 1.165) is 12.1 Å². The highest BCUT2D eigenvalue weighted by molar-refractivity contribution is 5.68. The van der Waals surface area contributed by atoms with Gasteiger partial charge in [-0.15, -0.1) is 0 Å². The van der Waals surface area contributed by atoms with Crippen LogP contribution >= 0.6 is 0 Å². The van der Waals surface area contributed by atoms with Crippen LogP contribution in [0.3, 0.4) is 0 Å². The number of alkyl carbamates (subject to hydrolysis) is 1. The van der Waals surface area contributed by atoms with E-state index >= 15 is 0 Å². The summed E-state index contributed by atoms with van der Waals surface area (Å²) in [5, 5.41) is 11.9. The number of rotatable bonds is 5. The zero-order chi connectivity index (χ0) is 18.5. The maximum Gasteiger partial charge on any atom is 0.416 e. The Kier molecular flexibility index (Phi) is 6.62. The molecule has 2 N–H and O–H groups in total. The van der Waals surface area contributed by atoms with Crippen molar-refractivity contribution in [3.8, 4) is 0 Å². The molecule has 1 amide bonds. The highest BCUT2D eigenvalue weighted by Gasteiger charge is 2.32. The van der Waals surface area contributed by atoms with Crippen molar-refractivity contribution >= 4 is 6.09 Å². The predicted molar refractivity (Wildman–Crippen MR) is 81.4 cm³/mol. The summed E-state index contributed by atoms with van der Waals surface area (Å²) >= 11 is 0. The van der Waals surface area contributed by atoms with Crippen LogP contribution in [0, 0.1) is 0 Å². The van der Waals surface area contributed by atoms with E-state index in [1.54, 1.807) is 20.8 Å². The highest BCUT2D eigenvalue weighted by atomic mass is 19.4. The Hall–Kier alpha value is -1.80. The van der Waals surface area contributed by atoms with Gasteiger partial charge < -0.3 is 19.9 Å². The molecule has 0 aliphatic rings. The van der Waals surface area contributed by atoms with Crippen molar-refractivity contribution in [3.05, 3.63) is 35.4 Å². The molecule has 0 fully saturated rings. The number of methoxy groups -OCH3 is 1. The van der Waals surface area contributed by atoms with Crippen LogP contribution in [0.2, 0.25) is 0 Å². The second-order valence-electron chi connectivity index (χ2n) is 6.20. The molecule has 0 radical (unpaired) electrons. The second kappa shape index (κ2) is 7.85. The Bertz CT molecular complexity index is 534. The van der Waals surface area contributed by atoms with Crippen LogP contribution in [0.15, 0.2) is 24.3 Å². The summed E-state index contributed by atoms with van der Waals surface area (Å²) in [6.45, 7) is 4.61. The van der Waals surface area contributed by atoms with Gasteiger partial charge in [0.1, 0.15) is 11.7 Å². The lowest BCUT2D eigenvalue weighted by Gasteiger charge is -2.28. The quantitative estimate of drug-likeness (QED) is 0.856. The molecular formula is C16H22F3NO4. The van der Waals surface area contributed by atoms with Gasteiger partial charge in [0.25, 0.3) is 0 Å². The lowest BCUT2D eigenvalue weighted by molar-refractivity contribution is -0.137. The Morgan fingerprint density at radius 1 is 1.21 bits per heavy atom. The fraction of sp³-hybridized carbons (Fsp3) is 0.562. The van der Waals surface area contributed by atoms with E-state index in [-0.39, 0.29) is 0 Å². The summed E-state index contributed by atoms with van der Waals surface area (Å²) in [6.07, 6.45) is -6.05. The number of alkyl halides is 3. The van der Waals surface area contributed by atoms with Crippen LogP contribution in [0.1, 0.15) is 37.9 Å². The number of nitrogens with one attached hydrogen (secondary N) is 1. The van der Waals surface area contributed by atoms with Gasteiger partial charge in [-0.2, -0.15) is 13.2 Å². The minimum atomic E-state index is -4.45. The van der Waals surface area contributed by atoms with Gasteiger partial charge in [-0.05, 0) is 38.5 Å². The zero-order valence-electron chi connectivity index (χ0n) is 14.0. The Morgan fingerprint density at radius 3 is 2.12 bits per heavy atom. The van der Waals surface area contributed by atoms with Crippen molar-refractivity contribution < 1.29 is 32.5 Å². The number of benzene rings is 1. The summed E-state index contributed by atoms with van der Waals surface area (Å²) < 4.78 is 48.2. The van der Waals surface area contributed by atoms with Gasteiger partial charge in [-0.3, -0.25) is 0 Å². The van der Waals surface area contributed by atoms with Crippen LogP contribution < -0.4 is 5.32 Å². The third-order valence-electron chi connectivity index (χ3n) is 3.12. The van der Waals surface area contributed by atoms with E-state index in [9.17, 15) is 23.1 Å². The number of aliphatic hydroxyl groups excluding tert-OH is 1. The molecule has 2 atom stereocenters. The molecule has 2 unspecified atom stereocenters. The molecule has 1 aromatic rings. The zero-order valence-corrected chi connectivity index (χ0v) is 14.0. The Morgan fingerprint density at radius 2 is 1.75 bits per heavy atom. The van der Waals surface area contributed by atoms with Gasteiger partial charge in [0.2, 0.25) is 0 Å². The van der Waals surface area contributed by atoms with Crippen molar-refractivity contribution in [1.29, 1.82) is 0 Å². The number of carbonyl (C=O) groups is 1. The molecule has 0 spiro atoms. The first-order valence-corrected chi connectivity index (χ1v) is 7.28. The van der Waals surface area contributed by atoms with E-state index in [0.29, 0.717) is 5.56 Å². The molecule has 24 heavy (non-hydrogen) atoms. The SMILES string of the molecule is COC(CO)C(NC(=O)OC(C)(C)C)c1ccc(C(F)(F)F)cc1.